The molecule has 1 fully saturated rings. The highest BCUT2D eigenvalue weighted by molar-refractivity contribution is 7.91. The number of sulfone groups is 1. The molecule has 0 amide bonds. The first-order valence-corrected chi connectivity index (χ1v) is 10.8. The van der Waals surface area contributed by atoms with Crippen molar-refractivity contribution in [1.29, 1.82) is 0 Å². The Labute approximate surface area is 167 Å². The zero-order chi connectivity index (χ0) is 19.7. The first-order valence-electron chi connectivity index (χ1n) is 8.97. The lowest BCUT2D eigenvalue weighted by Gasteiger charge is -2.26. The molecular formula is C20H18ClFN2O3S. The van der Waals surface area contributed by atoms with E-state index in [9.17, 15) is 12.8 Å². The van der Waals surface area contributed by atoms with Gasteiger partial charge in [-0.25, -0.2) is 12.8 Å². The molecule has 8 heteroatoms. The van der Waals surface area contributed by atoms with Crippen LogP contribution in [-0.4, -0.2) is 26.5 Å². The SMILES string of the molecule is O=S(=O)(c1ccc(F)cc1)c1nc(-c2cccc(Cl)c2)oc1N1CCCCC1. The minimum Gasteiger partial charge on any atom is -0.419 e. The lowest BCUT2D eigenvalue weighted by Crippen LogP contribution is -2.30. The van der Waals surface area contributed by atoms with E-state index in [2.05, 4.69) is 4.98 Å². The number of rotatable bonds is 4. The summed E-state index contributed by atoms with van der Waals surface area (Å²) in [6.07, 6.45) is 2.98. The van der Waals surface area contributed by atoms with Crippen molar-refractivity contribution in [2.24, 2.45) is 0 Å². The van der Waals surface area contributed by atoms with Crippen molar-refractivity contribution >= 4 is 27.3 Å². The molecular weight excluding hydrogens is 403 g/mol. The molecule has 1 aliphatic rings. The van der Waals surface area contributed by atoms with Crippen LogP contribution in [0.25, 0.3) is 11.5 Å². The standard InChI is InChI=1S/C20H18ClFN2O3S/c21-15-6-4-5-14(13-15)18-23-19(20(27-18)24-11-2-1-3-12-24)28(25,26)17-9-7-16(22)8-10-17/h4-10,13H,1-3,11-12H2. The summed E-state index contributed by atoms with van der Waals surface area (Å²) in [5.74, 6) is -0.0993. The Hall–Kier alpha value is -2.38. The molecule has 0 radical (unpaired) electrons. The van der Waals surface area contributed by atoms with E-state index in [0.29, 0.717) is 23.7 Å². The average molecular weight is 421 g/mol. The van der Waals surface area contributed by atoms with Crippen LogP contribution < -0.4 is 4.90 Å². The molecule has 0 unspecified atom stereocenters. The number of piperidine rings is 1. The van der Waals surface area contributed by atoms with Crippen molar-refractivity contribution < 1.29 is 17.2 Å². The molecule has 0 spiro atoms. The van der Waals surface area contributed by atoms with Gasteiger partial charge in [0.05, 0.1) is 4.90 Å². The van der Waals surface area contributed by atoms with Crippen LogP contribution >= 0.6 is 11.6 Å². The number of aromatic nitrogens is 1. The highest BCUT2D eigenvalue weighted by atomic mass is 35.5. The first kappa shape index (κ1) is 19.0. The van der Waals surface area contributed by atoms with Gasteiger partial charge in [0.25, 0.3) is 0 Å². The fourth-order valence-electron chi connectivity index (χ4n) is 3.24. The van der Waals surface area contributed by atoms with E-state index in [1.54, 1.807) is 24.3 Å². The molecule has 2 aromatic carbocycles. The predicted octanol–water partition coefficient (Wildman–Crippen LogP) is 4.96. The maximum absolute atomic E-state index is 13.3. The number of anilines is 1. The Balaban J connectivity index is 1.85. The lowest BCUT2D eigenvalue weighted by atomic mass is 10.1. The van der Waals surface area contributed by atoms with Gasteiger partial charge in [-0.05, 0) is 61.7 Å². The molecule has 28 heavy (non-hydrogen) atoms. The zero-order valence-corrected chi connectivity index (χ0v) is 16.5. The maximum Gasteiger partial charge on any atom is 0.236 e. The van der Waals surface area contributed by atoms with Gasteiger partial charge in [-0.3, -0.25) is 0 Å². The van der Waals surface area contributed by atoms with Gasteiger partial charge in [-0.2, -0.15) is 4.98 Å². The normalized spacial score (nSPS) is 15.0. The summed E-state index contributed by atoms with van der Waals surface area (Å²) in [5.41, 5.74) is 0.589. The van der Waals surface area contributed by atoms with E-state index in [1.165, 1.54) is 12.1 Å². The summed E-state index contributed by atoms with van der Waals surface area (Å²) < 4.78 is 45.6. The summed E-state index contributed by atoms with van der Waals surface area (Å²) in [6, 6.07) is 11.6. The second-order valence-electron chi connectivity index (χ2n) is 6.64. The monoisotopic (exact) mass is 420 g/mol. The van der Waals surface area contributed by atoms with Crippen LogP contribution in [0.1, 0.15) is 19.3 Å². The van der Waals surface area contributed by atoms with E-state index in [4.69, 9.17) is 16.0 Å². The fourth-order valence-corrected chi connectivity index (χ4v) is 4.75. The van der Waals surface area contributed by atoms with E-state index < -0.39 is 15.7 Å². The van der Waals surface area contributed by atoms with Gasteiger partial charge in [0.15, 0.2) is 0 Å². The van der Waals surface area contributed by atoms with Crippen LogP contribution in [0.3, 0.4) is 0 Å². The van der Waals surface area contributed by atoms with E-state index in [1.807, 2.05) is 4.90 Å². The minimum atomic E-state index is -3.98. The molecule has 2 heterocycles. The molecule has 1 saturated heterocycles. The Bertz CT molecular complexity index is 1090. The topological polar surface area (TPSA) is 63.4 Å². The highest BCUT2D eigenvalue weighted by Gasteiger charge is 2.32. The number of hydrogen-bond donors (Lipinski definition) is 0. The maximum atomic E-state index is 13.3. The molecule has 0 atom stereocenters. The highest BCUT2D eigenvalue weighted by Crippen LogP contribution is 2.36. The molecule has 0 saturated carbocycles. The van der Waals surface area contributed by atoms with Gasteiger partial charge >= 0.3 is 0 Å². The van der Waals surface area contributed by atoms with Gasteiger partial charge in [-0.15, -0.1) is 0 Å². The first-order chi connectivity index (χ1) is 13.4. The van der Waals surface area contributed by atoms with Crippen molar-refractivity contribution in [1.82, 2.24) is 4.98 Å². The molecule has 0 N–H and O–H groups in total. The third kappa shape index (κ3) is 3.64. The number of benzene rings is 2. The van der Waals surface area contributed by atoms with Crippen LogP contribution in [0, 0.1) is 5.82 Å². The largest absolute Gasteiger partial charge is 0.419 e. The summed E-state index contributed by atoms with van der Waals surface area (Å²) in [4.78, 5) is 6.19. The minimum absolute atomic E-state index is 0.0295. The number of nitrogens with zero attached hydrogens (tertiary/aromatic N) is 2. The average Bonchev–Trinajstić information content (AvgIpc) is 3.15. The van der Waals surface area contributed by atoms with Crippen LogP contribution in [0.15, 0.2) is 62.9 Å². The Morgan fingerprint density at radius 3 is 2.43 bits per heavy atom. The third-order valence-electron chi connectivity index (χ3n) is 4.67. The molecule has 4 rings (SSSR count). The van der Waals surface area contributed by atoms with E-state index >= 15 is 0 Å². The second kappa shape index (κ2) is 7.56. The zero-order valence-electron chi connectivity index (χ0n) is 14.9. The number of halogens is 2. The second-order valence-corrected chi connectivity index (χ2v) is 8.95. The van der Waals surface area contributed by atoms with Crippen molar-refractivity contribution in [2.75, 3.05) is 18.0 Å². The number of hydrogen-bond acceptors (Lipinski definition) is 5. The smallest absolute Gasteiger partial charge is 0.236 e. The Morgan fingerprint density at radius 1 is 1.04 bits per heavy atom. The summed E-state index contributed by atoms with van der Waals surface area (Å²) >= 11 is 6.06. The van der Waals surface area contributed by atoms with Gasteiger partial charge in [0, 0.05) is 23.7 Å². The van der Waals surface area contributed by atoms with Gasteiger partial charge in [-0.1, -0.05) is 17.7 Å². The molecule has 3 aromatic rings. The van der Waals surface area contributed by atoms with E-state index in [0.717, 1.165) is 31.4 Å². The van der Waals surface area contributed by atoms with Gasteiger partial charge < -0.3 is 9.32 Å². The van der Waals surface area contributed by atoms with Gasteiger partial charge in [0.1, 0.15) is 5.82 Å². The molecule has 0 aliphatic carbocycles. The fraction of sp³-hybridized carbons (Fsp3) is 0.250. The quantitative estimate of drug-likeness (QED) is 0.558. The van der Waals surface area contributed by atoms with Crippen molar-refractivity contribution in [3.05, 3.63) is 59.4 Å². The summed E-state index contributed by atoms with van der Waals surface area (Å²) in [6.45, 7) is 1.38. The lowest BCUT2D eigenvalue weighted by molar-refractivity contribution is 0.499. The van der Waals surface area contributed by atoms with Crippen molar-refractivity contribution in [2.45, 2.75) is 29.2 Å². The van der Waals surface area contributed by atoms with E-state index in [-0.39, 0.29) is 21.7 Å². The van der Waals surface area contributed by atoms with Crippen LogP contribution in [0.2, 0.25) is 5.02 Å². The van der Waals surface area contributed by atoms with Crippen molar-refractivity contribution in [3.63, 3.8) is 0 Å². The van der Waals surface area contributed by atoms with Gasteiger partial charge in [0.2, 0.25) is 26.6 Å². The predicted molar refractivity (Wildman–Crippen MR) is 105 cm³/mol. The third-order valence-corrected chi connectivity index (χ3v) is 6.58. The van der Waals surface area contributed by atoms with Crippen LogP contribution in [0.5, 0.6) is 0 Å². The number of oxazole rings is 1. The molecule has 5 nitrogen and oxygen atoms in total. The molecule has 146 valence electrons. The molecule has 1 aromatic heterocycles. The Morgan fingerprint density at radius 2 is 1.75 bits per heavy atom. The summed E-state index contributed by atoms with van der Waals surface area (Å²) in [7, 11) is -3.98. The summed E-state index contributed by atoms with van der Waals surface area (Å²) in [5, 5.41) is 0.342. The molecule has 0 bridgehead atoms. The van der Waals surface area contributed by atoms with Crippen LogP contribution in [0.4, 0.5) is 10.3 Å². The molecule has 1 aliphatic heterocycles. The Kier molecular flexibility index (Phi) is 5.12. The van der Waals surface area contributed by atoms with Crippen LogP contribution in [-0.2, 0) is 9.84 Å². The van der Waals surface area contributed by atoms with Crippen molar-refractivity contribution in [3.8, 4) is 11.5 Å².